The van der Waals surface area contributed by atoms with E-state index >= 15 is 0 Å². The van der Waals surface area contributed by atoms with E-state index in [0.29, 0.717) is 6.54 Å². The first kappa shape index (κ1) is 12.0. The van der Waals surface area contributed by atoms with Crippen LogP contribution in [0.2, 0.25) is 0 Å². The second-order valence-corrected chi connectivity index (χ2v) is 4.17. The lowest BCUT2D eigenvalue weighted by Crippen LogP contribution is -2.33. The predicted octanol–water partition coefficient (Wildman–Crippen LogP) is 1.51. The fourth-order valence-corrected chi connectivity index (χ4v) is 1.67. The van der Waals surface area contributed by atoms with Crippen molar-refractivity contribution in [1.82, 2.24) is 5.32 Å². The predicted molar refractivity (Wildman–Crippen MR) is 61.1 cm³/mol. The SMILES string of the molecule is COc1ccccc1C(C)(C)CNCO. The maximum Gasteiger partial charge on any atom is 0.122 e. The molecule has 0 aliphatic heterocycles. The Kier molecular flexibility index (Phi) is 4.12. The molecule has 0 amide bonds. The molecular weight excluding hydrogens is 190 g/mol. The lowest BCUT2D eigenvalue weighted by atomic mass is 9.84. The molecule has 15 heavy (non-hydrogen) atoms. The Bertz CT molecular complexity index is 310. The zero-order chi connectivity index (χ0) is 11.3. The molecule has 0 aliphatic rings. The van der Waals surface area contributed by atoms with Crippen LogP contribution in [-0.4, -0.2) is 25.5 Å². The lowest BCUT2D eigenvalue weighted by Gasteiger charge is -2.27. The highest BCUT2D eigenvalue weighted by molar-refractivity contribution is 5.38. The van der Waals surface area contributed by atoms with E-state index < -0.39 is 0 Å². The van der Waals surface area contributed by atoms with Gasteiger partial charge in [-0.3, -0.25) is 5.32 Å². The minimum Gasteiger partial charge on any atom is -0.496 e. The first-order chi connectivity index (χ1) is 7.11. The quantitative estimate of drug-likeness (QED) is 0.722. The van der Waals surface area contributed by atoms with Crippen molar-refractivity contribution in [2.24, 2.45) is 0 Å². The van der Waals surface area contributed by atoms with E-state index in [0.717, 1.165) is 11.3 Å². The van der Waals surface area contributed by atoms with Gasteiger partial charge in [-0.2, -0.15) is 0 Å². The van der Waals surface area contributed by atoms with Crippen molar-refractivity contribution in [3.63, 3.8) is 0 Å². The van der Waals surface area contributed by atoms with Crippen LogP contribution in [0.25, 0.3) is 0 Å². The standard InChI is InChI=1S/C12H19NO2/c1-12(2,8-13-9-14)10-6-4-5-7-11(10)15-3/h4-7,13-14H,8-9H2,1-3H3. The van der Waals surface area contributed by atoms with E-state index in [4.69, 9.17) is 9.84 Å². The second kappa shape index (κ2) is 5.14. The average molecular weight is 209 g/mol. The summed E-state index contributed by atoms with van der Waals surface area (Å²) in [5, 5.41) is 11.7. The zero-order valence-corrected chi connectivity index (χ0v) is 9.58. The van der Waals surface area contributed by atoms with Gasteiger partial charge >= 0.3 is 0 Å². The Hall–Kier alpha value is -1.06. The Balaban J connectivity index is 2.92. The maximum absolute atomic E-state index is 8.76. The summed E-state index contributed by atoms with van der Waals surface area (Å²) >= 11 is 0. The number of para-hydroxylation sites is 1. The van der Waals surface area contributed by atoms with Gasteiger partial charge in [0, 0.05) is 17.5 Å². The van der Waals surface area contributed by atoms with Crippen molar-refractivity contribution in [1.29, 1.82) is 0 Å². The Morgan fingerprint density at radius 3 is 2.60 bits per heavy atom. The summed E-state index contributed by atoms with van der Waals surface area (Å²) in [4.78, 5) is 0. The van der Waals surface area contributed by atoms with Crippen molar-refractivity contribution in [3.05, 3.63) is 29.8 Å². The monoisotopic (exact) mass is 209 g/mol. The van der Waals surface area contributed by atoms with Crippen molar-refractivity contribution in [2.75, 3.05) is 20.4 Å². The van der Waals surface area contributed by atoms with Crippen molar-refractivity contribution in [2.45, 2.75) is 19.3 Å². The van der Waals surface area contributed by atoms with Crippen LogP contribution in [0.5, 0.6) is 5.75 Å². The number of methoxy groups -OCH3 is 1. The fourth-order valence-electron chi connectivity index (χ4n) is 1.67. The summed E-state index contributed by atoms with van der Waals surface area (Å²) in [6, 6.07) is 7.96. The summed E-state index contributed by atoms with van der Waals surface area (Å²) in [5.41, 5.74) is 1.09. The molecule has 0 aliphatic carbocycles. The summed E-state index contributed by atoms with van der Waals surface area (Å²) in [5.74, 6) is 0.891. The van der Waals surface area contributed by atoms with Crippen LogP contribution in [0, 0.1) is 0 Å². The Morgan fingerprint density at radius 2 is 2.00 bits per heavy atom. The van der Waals surface area contributed by atoms with Crippen LogP contribution >= 0.6 is 0 Å². The van der Waals surface area contributed by atoms with Gasteiger partial charge in [0.1, 0.15) is 5.75 Å². The third-order valence-corrected chi connectivity index (χ3v) is 2.51. The molecule has 1 aromatic rings. The molecule has 0 saturated heterocycles. The lowest BCUT2D eigenvalue weighted by molar-refractivity contribution is 0.246. The van der Waals surface area contributed by atoms with Crippen LogP contribution in [0.4, 0.5) is 0 Å². The number of ether oxygens (including phenoxy) is 1. The molecule has 3 nitrogen and oxygen atoms in total. The van der Waals surface area contributed by atoms with Crippen molar-refractivity contribution >= 4 is 0 Å². The summed E-state index contributed by atoms with van der Waals surface area (Å²) in [6.45, 7) is 4.95. The normalized spacial score (nSPS) is 11.5. The molecule has 84 valence electrons. The molecule has 0 saturated carbocycles. The Labute approximate surface area is 91.1 Å². The smallest absolute Gasteiger partial charge is 0.122 e. The highest BCUT2D eigenvalue weighted by Gasteiger charge is 2.23. The van der Waals surface area contributed by atoms with Gasteiger partial charge in [0.25, 0.3) is 0 Å². The minimum atomic E-state index is -0.0602. The largest absolute Gasteiger partial charge is 0.496 e. The van der Waals surface area contributed by atoms with Gasteiger partial charge in [-0.25, -0.2) is 0 Å². The van der Waals surface area contributed by atoms with Gasteiger partial charge in [0.15, 0.2) is 0 Å². The molecule has 3 heteroatoms. The van der Waals surface area contributed by atoms with Gasteiger partial charge in [-0.05, 0) is 6.07 Å². The number of rotatable bonds is 5. The third-order valence-electron chi connectivity index (χ3n) is 2.51. The molecule has 0 heterocycles. The molecular formula is C12H19NO2. The van der Waals surface area contributed by atoms with E-state index in [-0.39, 0.29) is 12.1 Å². The molecule has 0 aromatic heterocycles. The average Bonchev–Trinajstić information content (AvgIpc) is 2.26. The fraction of sp³-hybridized carbons (Fsp3) is 0.500. The second-order valence-electron chi connectivity index (χ2n) is 4.17. The van der Waals surface area contributed by atoms with E-state index in [1.165, 1.54) is 0 Å². The van der Waals surface area contributed by atoms with Crippen LogP contribution in [0.1, 0.15) is 19.4 Å². The number of nitrogens with one attached hydrogen (secondary N) is 1. The van der Waals surface area contributed by atoms with Crippen molar-refractivity contribution in [3.8, 4) is 5.75 Å². The molecule has 0 radical (unpaired) electrons. The first-order valence-corrected chi connectivity index (χ1v) is 5.07. The van der Waals surface area contributed by atoms with Gasteiger partial charge in [0.05, 0.1) is 13.8 Å². The van der Waals surface area contributed by atoms with Crippen LogP contribution < -0.4 is 10.1 Å². The van der Waals surface area contributed by atoms with Gasteiger partial charge in [0.2, 0.25) is 0 Å². The van der Waals surface area contributed by atoms with E-state index in [2.05, 4.69) is 25.2 Å². The summed E-state index contributed by atoms with van der Waals surface area (Å²) in [7, 11) is 1.67. The van der Waals surface area contributed by atoms with E-state index in [1.807, 2.05) is 18.2 Å². The number of aliphatic hydroxyl groups excluding tert-OH is 1. The van der Waals surface area contributed by atoms with Crippen LogP contribution in [0.3, 0.4) is 0 Å². The first-order valence-electron chi connectivity index (χ1n) is 5.07. The molecule has 0 bridgehead atoms. The van der Waals surface area contributed by atoms with Gasteiger partial charge in [-0.15, -0.1) is 0 Å². The topological polar surface area (TPSA) is 41.5 Å². The molecule has 1 aromatic carbocycles. The summed E-state index contributed by atoms with van der Waals surface area (Å²) < 4.78 is 5.32. The number of hydrogen-bond donors (Lipinski definition) is 2. The molecule has 0 unspecified atom stereocenters. The number of benzene rings is 1. The maximum atomic E-state index is 8.76. The molecule has 0 atom stereocenters. The molecule has 1 rings (SSSR count). The van der Waals surface area contributed by atoms with Crippen molar-refractivity contribution < 1.29 is 9.84 Å². The highest BCUT2D eigenvalue weighted by atomic mass is 16.5. The third kappa shape index (κ3) is 2.94. The summed E-state index contributed by atoms with van der Waals surface area (Å²) in [6.07, 6.45) is 0. The molecule has 2 N–H and O–H groups in total. The number of aliphatic hydroxyl groups is 1. The van der Waals surface area contributed by atoms with E-state index in [9.17, 15) is 0 Å². The minimum absolute atomic E-state index is 0.00141. The molecule has 0 fully saturated rings. The molecule has 0 spiro atoms. The van der Waals surface area contributed by atoms with Crippen LogP contribution in [-0.2, 0) is 5.41 Å². The van der Waals surface area contributed by atoms with Gasteiger partial charge in [-0.1, -0.05) is 32.0 Å². The van der Waals surface area contributed by atoms with E-state index in [1.54, 1.807) is 7.11 Å². The highest BCUT2D eigenvalue weighted by Crippen LogP contribution is 2.30. The van der Waals surface area contributed by atoms with Gasteiger partial charge < -0.3 is 9.84 Å². The number of hydrogen-bond acceptors (Lipinski definition) is 3. The zero-order valence-electron chi connectivity index (χ0n) is 9.58. The van der Waals surface area contributed by atoms with Crippen LogP contribution in [0.15, 0.2) is 24.3 Å². The Morgan fingerprint density at radius 1 is 1.33 bits per heavy atom.